The maximum Gasteiger partial charge on any atom is 0.163 e. The second-order valence-electron chi connectivity index (χ2n) is 6.30. The summed E-state index contributed by atoms with van der Waals surface area (Å²) in [7, 11) is 0. The van der Waals surface area contributed by atoms with E-state index in [2.05, 4.69) is 12.1 Å². The number of hydrogen-bond acceptors (Lipinski definition) is 3. The summed E-state index contributed by atoms with van der Waals surface area (Å²) in [6, 6.07) is 15.5. The number of aromatic nitrogens is 2. The monoisotopic (exact) mass is 304 g/mol. The fourth-order valence-corrected chi connectivity index (χ4v) is 3.57. The first kappa shape index (κ1) is 14.2. The fourth-order valence-electron chi connectivity index (χ4n) is 3.57. The first-order valence-electron chi connectivity index (χ1n) is 8.38. The van der Waals surface area contributed by atoms with Gasteiger partial charge in [0.25, 0.3) is 0 Å². The largest absolute Gasteiger partial charge is 0.507 e. The van der Waals surface area contributed by atoms with Crippen LogP contribution in [0.1, 0.15) is 43.7 Å². The third-order valence-electron chi connectivity index (χ3n) is 4.77. The van der Waals surface area contributed by atoms with Crippen LogP contribution in [-0.4, -0.2) is 15.1 Å². The van der Waals surface area contributed by atoms with E-state index in [9.17, 15) is 5.11 Å². The van der Waals surface area contributed by atoms with E-state index in [1.807, 2.05) is 30.3 Å². The molecule has 0 saturated heterocycles. The van der Waals surface area contributed by atoms with Crippen molar-refractivity contribution in [2.75, 3.05) is 0 Å². The maximum absolute atomic E-state index is 10.2. The SMILES string of the molecule is Oc1ccccc1-c1nc(C2CCCCC2)c2ccccc2n1. The van der Waals surface area contributed by atoms with E-state index in [4.69, 9.17) is 9.97 Å². The first-order chi connectivity index (χ1) is 11.3. The minimum Gasteiger partial charge on any atom is -0.507 e. The molecule has 0 bridgehead atoms. The second kappa shape index (κ2) is 5.99. The molecule has 2 aromatic carbocycles. The molecular formula is C20H20N2O. The van der Waals surface area contributed by atoms with Crippen LogP contribution in [0.3, 0.4) is 0 Å². The number of phenols is 1. The third-order valence-corrected chi connectivity index (χ3v) is 4.77. The highest BCUT2D eigenvalue weighted by atomic mass is 16.3. The summed E-state index contributed by atoms with van der Waals surface area (Å²) >= 11 is 0. The smallest absolute Gasteiger partial charge is 0.163 e. The molecule has 1 heterocycles. The van der Waals surface area contributed by atoms with Gasteiger partial charge < -0.3 is 5.11 Å². The van der Waals surface area contributed by atoms with Crippen molar-refractivity contribution in [3.05, 3.63) is 54.2 Å². The number of hydrogen-bond donors (Lipinski definition) is 1. The number of para-hydroxylation sites is 2. The molecule has 0 spiro atoms. The average Bonchev–Trinajstić information content (AvgIpc) is 2.62. The fraction of sp³-hybridized carbons (Fsp3) is 0.300. The number of aromatic hydroxyl groups is 1. The Hall–Kier alpha value is -2.42. The van der Waals surface area contributed by atoms with Gasteiger partial charge in [-0.1, -0.05) is 49.6 Å². The standard InChI is InChI=1S/C20H20N2O/c23-18-13-7-5-11-16(18)20-21-17-12-6-4-10-15(17)19(22-20)14-8-2-1-3-9-14/h4-7,10-14,23H,1-3,8-9H2. The lowest BCUT2D eigenvalue weighted by Crippen LogP contribution is -2.09. The van der Waals surface area contributed by atoms with E-state index in [0.29, 0.717) is 17.3 Å². The Morgan fingerprint density at radius 1 is 0.826 bits per heavy atom. The molecule has 1 aliphatic carbocycles. The quantitative estimate of drug-likeness (QED) is 0.720. The van der Waals surface area contributed by atoms with Crippen molar-refractivity contribution in [3.8, 4) is 17.1 Å². The highest BCUT2D eigenvalue weighted by Gasteiger charge is 2.21. The van der Waals surface area contributed by atoms with Crippen molar-refractivity contribution in [2.45, 2.75) is 38.0 Å². The van der Waals surface area contributed by atoms with E-state index < -0.39 is 0 Å². The van der Waals surface area contributed by atoms with Gasteiger partial charge in [-0.25, -0.2) is 9.97 Å². The molecule has 0 radical (unpaired) electrons. The van der Waals surface area contributed by atoms with Crippen LogP contribution in [0.5, 0.6) is 5.75 Å². The minimum absolute atomic E-state index is 0.234. The predicted octanol–water partition coefficient (Wildman–Crippen LogP) is 5.05. The van der Waals surface area contributed by atoms with Crippen LogP contribution in [0.4, 0.5) is 0 Å². The molecule has 1 aromatic heterocycles. The highest BCUT2D eigenvalue weighted by Crippen LogP contribution is 2.36. The van der Waals surface area contributed by atoms with Crippen LogP contribution in [0, 0.1) is 0 Å². The van der Waals surface area contributed by atoms with Gasteiger partial charge in [0.15, 0.2) is 5.82 Å². The van der Waals surface area contributed by atoms with E-state index in [-0.39, 0.29) is 5.75 Å². The Balaban J connectivity index is 1.91. The summed E-state index contributed by atoms with van der Waals surface area (Å²) in [6.07, 6.45) is 6.26. The van der Waals surface area contributed by atoms with Crippen LogP contribution >= 0.6 is 0 Å². The first-order valence-corrected chi connectivity index (χ1v) is 8.38. The maximum atomic E-state index is 10.2. The predicted molar refractivity (Wildman–Crippen MR) is 92.5 cm³/mol. The molecule has 0 amide bonds. The highest BCUT2D eigenvalue weighted by molar-refractivity contribution is 5.83. The molecule has 3 aromatic rings. The number of rotatable bonds is 2. The van der Waals surface area contributed by atoms with Crippen molar-refractivity contribution in [3.63, 3.8) is 0 Å². The van der Waals surface area contributed by atoms with Gasteiger partial charge in [-0.2, -0.15) is 0 Å². The van der Waals surface area contributed by atoms with Crippen LogP contribution in [0.25, 0.3) is 22.3 Å². The van der Waals surface area contributed by atoms with Crippen LogP contribution in [0.15, 0.2) is 48.5 Å². The number of benzene rings is 2. The molecule has 116 valence electrons. The van der Waals surface area contributed by atoms with Gasteiger partial charge in [0, 0.05) is 11.3 Å². The van der Waals surface area contributed by atoms with Crippen molar-refractivity contribution >= 4 is 10.9 Å². The summed E-state index contributed by atoms with van der Waals surface area (Å²) in [5.74, 6) is 1.36. The Kier molecular flexibility index (Phi) is 3.70. The van der Waals surface area contributed by atoms with E-state index in [1.165, 1.54) is 32.1 Å². The average molecular weight is 304 g/mol. The summed E-state index contributed by atoms with van der Waals surface area (Å²) in [4.78, 5) is 9.58. The lowest BCUT2D eigenvalue weighted by atomic mass is 9.85. The summed E-state index contributed by atoms with van der Waals surface area (Å²) < 4.78 is 0. The third kappa shape index (κ3) is 2.67. The van der Waals surface area contributed by atoms with Gasteiger partial charge >= 0.3 is 0 Å². The molecule has 0 atom stereocenters. The van der Waals surface area contributed by atoms with Crippen LogP contribution in [-0.2, 0) is 0 Å². The molecule has 1 aliphatic rings. The number of nitrogens with zero attached hydrogens (tertiary/aromatic N) is 2. The van der Waals surface area contributed by atoms with Gasteiger partial charge in [-0.3, -0.25) is 0 Å². The molecule has 1 fully saturated rings. The Bertz CT molecular complexity index is 838. The molecule has 0 aliphatic heterocycles. The van der Waals surface area contributed by atoms with Crippen molar-refractivity contribution in [1.82, 2.24) is 9.97 Å². The van der Waals surface area contributed by atoms with Crippen LogP contribution < -0.4 is 0 Å². The molecule has 0 unspecified atom stereocenters. The molecule has 23 heavy (non-hydrogen) atoms. The summed E-state index contributed by atoms with van der Waals surface area (Å²) in [6.45, 7) is 0. The number of fused-ring (bicyclic) bond motifs is 1. The normalized spacial score (nSPS) is 15.8. The molecule has 1 N–H and O–H groups in total. The van der Waals surface area contributed by atoms with Gasteiger partial charge in [-0.15, -0.1) is 0 Å². The zero-order valence-corrected chi connectivity index (χ0v) is 13.1. The summed E-state index contributed by atoms with van der Waals surface area (Å²) in [5.41, 5.74) is 2.81. The molecule has 4 rings (SSSR count). The van der Waals surface area contributed by atoms with Gasteiger partial charge in [-0.05, 0) is 31.0 Å². The molecule has 3 nitrogen and oxygen atoms in total. The van der Waals surface area contributed by atoms with Crippen LogP contribution in [0.2, 0.25) is 0 Å². The zero-order chi connectivity index (χ0) is 15.6. The summed E-state index contributed by atoms with van der Waals surface area (Å²) in [5, 5.41) is 11.3. The van der Waals surface area contributed by atoms with Gasteiger partial charge in [0.1, 0.15) is 5.75 Å². The lowest BCUT2D eigenvalue weighted by molar-refractivity contribution is 0.439. The topological polar surface area (TPSA) is 46.0 Å². The van der Waals surface area contributed by atoms with E-state index >= 15 is 0 Å². The Morgan fingerprint density at radius 3 is 2.39 bits per heavy atom. The Labute approximate surface area is 136 Å². The minimum atomic E-state index is 0.234. The van der Waals surface area contributed by atoms with E-state index in [1.54, 1.807) is 6.07 Å². The zero-order valence-electron chi connectivity index (χ0n) is 13.1. The van der Waals surface area contributed by atoms with Gasteiger partial charge in [0.2, 0.25) is 0 Å². The van der Waals surface area contributed by atoms with E-state index in [0.717, 1.165) is 16.6 Å². The molecule has 3 heteroatoms. The molecule has 1 saturated carbocycles. The lowest BCUT2D eigenvalue weighted by Gasteiger charge is -2.22. The molecular weight excluding hydrogens is 284 g/mol. The van der Waals surface area contributed by atoms with Crippen molar-refractivity contribution < 1.29 is 5.11 Å². The van der Waals surface area contributed by atoms with Crippen molar-refractivity contribution in [1.29, 1.82) is 0 Å². The Morgan fingerprint density at radius 2 is 1.57 bits per heavy atom. The number of phenolic OH excluding ortho intramolecular Hbond substituents is 1. The van der Waals surface area contributed by atoms with Gasteiger partial charge in [0.05, 0.1) is 16.8 Å². The van der Waals surface area contributed by atoms with Crippen molar-refractivity contribution in [2.24, 2.45) is 0 Å². The second-order valence-corrected chi connectivity index (χ2v) is 6.30.